The van der Waals surface area contributed by atoms with Gasteiger partial charge in [-0.15, -0.1) is 0 Å². The number of benzene rings is 1. The van der Waals surface area contributed by atoms with Crippen LogP contribution in [-0.2, 0) is 0 Å². The lowest BCUT2D eigenvalue weighted by Gasteiger charge is -2.09. The van der Waals surface area contributed by atoms with Gasteiger partial charge in [-0.05, 0) is 19.1 Å². The minimum atomic E-state index is 0.555. The summed E-state index contributed by atoms with van der Waals surface area (Å²) in [6, 6.07) is 11.5. The van der Waals surface area contributed by atoms with Gasteiger partial charge in [-0.25, -0.2) is 4.98 Å². The Balaban J connectivity index is 1.81. The number of aryl methyl sites for hydroxylation is 1. The van der Waals surface area contributed by atoms with Crippen LogP contribution >= 0.6 is 0 Å². The smallest absolute Gasteiger partial charge is 0.218 e. The first-order valence-electron chi connectivity index (χ1n) is 6.09. The molecule has 0 radical (unpaired) electrons. The van der Waals surface area contributed by atoms with E-state index in [1.54, 1.807) is 13.2 Å². The number of para-hydroxylation sites is 1. The Morgan fingerprint density at radius 2 is 1.95 bits per heavy atom. The molecule has 0 saturated heterocycles. The fraction of sp³-hybridized carbons (Fsp3) is 0.286. The monoisotopic (exact) mass is 259 g/mol. The van der Waals surface area contributed by atoms with Crippen molar-refractivity contribution >= 4 is 5.82 Å². The van der Waals surface area contributed by atoms with Gasteiger partial charge in [0.15, 0.2) is 0 Å². The molecular formula is C14H17N3O2. The van der Waals surface area contributed by atoms with E-state index in [9.17, 15) is 0 Å². The average molecular weight is 259 g/mol. The van der Waals surface area contributed by atoms with E-state index in [1.807, 2.05) is 37.3 Å². The first-order valence-corrected chi connectivity index (χ1v) is 6.09. The van der Waals surface area contributed by atoms with Crippen LogP contribution in [-0.4, -0.2) is 30.2 Å². The highest BCUT2D eigenvalue weighted by Crippen LogP contribution is 2.12. The van der Waals surface area contributed by atoms with Crippen LogP contribution in [0.4, 0.5) is 5.82 Å². The predicted molar refractivity (Wildman–Crippen MR) is 73.7 cm³/mol. The highest BCUT2D eigenvalue weighted by molar-refractivity contribution is 5.38. The van der Waals surface area contributed by atoms with Gasteiger partial charge in [0.25, 0.3) is 0 Å². The molecule has 100 valence electrons. The molecule has 5 nitrogen and oxygen atoms in total. The predicted octanol–water partition coefficient (Wildman–Crippen LogP) is 2.28. The van der Waals surface area contributed by atoms with Crippen molar-refractivity contribution in [2.75, 3.05) is 25.6 Å². The zero-order valence-corrected chi connectivity index (χ0v) is 11.1. The van der Waals surface area contributed by atoms with E-state index in [1.165, 1.54) is 0 Å². The lowest BCUT2D eigenvalue weighted by molar-refractivity contribution is 0.332. The molecule has 2 aromatic rings. The second-order valence-electron chi connectivity index (χ2n) is 3.93. The Bertz CT molecular complexity index is 517. The van der Waals surface area contributed by atoms with Crippen molar-refractivity contribution in [1.29, 1.82) is 0 Å². The topological polar surface area (TPSA) is 56.3 Å². The molecule has 2 rings (SSSR count). The van der Waals surface area contributed by atoms with Crippen molar-refractivity contribution in [3.05, 3.63) is 42.2 Å². The third-order valence-electron chi connectivity index (χ3n) is 2.44. The summed E-state index contributed by atoms with van der Waals surface area (Å²) in [5.74, 6) is 2.83. The molecule has 0 spiro atoms. The molecule has 1 N–H and O–H groups in total. The molecule has 1 aromatic heterocycles. The molecule has 0 aliphatic rings. The minimum Gasteiger partial charge on any atom is -0.492 e. The molecule has 0 unspecified atom stereocenters. The summed E-state index contributed by atoms with van der Waals surface area (Å²) in [7, 11) is 1.59. The van der Waals surface area contributed by atoms with E-state index >= 15 is 0 Å². The summed E-state index contributed by atoms with van der Waals surface area (Å²) in [6.07, 6.45) is 0. The van der Waals surface area contributed by atoms with Crippen molar-refractivity contribution in [3.63, 3.8) is 0 Å². The molecule has 1 aromatic carbocycles. The summed E-state index contributed by atoms with van der Waals surface area (Å²) >= 11 is 0. The molecule has 0 bridgehead atoms. The lowest BCUT2D eigenvalue weighted by atomic mass is 10.3. The van der Waals surface area contributed by atoms with Crippen LogP contribution in [0.25, 0.3) is 0 Å². The quantitative estimate of drug-likeness (QED) is 0.807. The Morgan fingerprint density at radius 1 is 1.16 bits per heavy atom. The fourth-order valence-corrected chi connectivity index (χ4v) is 1.60. The van der Waals surface area contributed by atoms with Crippen molar-refractivity contribution in [2.24, 2.45) is 0 Å². The van der Waals surface area contributed by atoms with Gasteiger partial charge in [0.05, 0.1) is 13.7 Å². The maximum absolute atomic E-state index is 5.58. The summed E-state index contributed by atoms with van der Waals surface area (Å²) in [6.45, 7) is 3.05. The van der Waals surface area contributed by atoms with E-state index in [2.05, 4.69) is 15.3 Å². The van der Waals surface area contributed by atoms with Gasteiger partial charge in [-0.2, -0.15) is 4.98 Å². The van der Waals surface area contributed by atoms with Gasteiger partial charge in [0.2, 0.25) is 5.88 Å². The highest BCUT2D eigenvalue weighted by atomic mass is 16.5. The maximum Gasteiger partial charge on any atom is 0.218 e. The number of rotatable bonds is 6. The second kappa shape index (κ2) is 6.58. The Labute approximate surface area is 112 Å². The van der Waals surface area contributed by atoms with Gasteiger partial charge < -0.3 is 14.8 Å². The summed E-state index contributed by atoms with van der Waals surface area (Å²) in [5, 5.41) is 3.17. The normalized spacial score (nSPS) is 10.0. The number of nitrogens with zero attached hydrogens (tertiary/aromatic N) is 2. The molecule has 0 fully saturated rings. The number of hydrogen-bond acceptors (Lipinski definition) is 5. The van der Waals surface area contributed by atoms with Crippen LogP contribution in [0.1, 0.15) is 5.82 Å². The van der Waals surface area contributed by atoms with Crippen molar-refractivity contribution in [3.8, 4) is 11.6 Å². The highest BCUT2D eigenvalue weighted by Gasteiger charge is 2.01. The summed E-state index contributed by atoms with van der Waals surface area (Å²) in [4.78, 5) is 8.39. The van der Waals surface area contributed by atoms with Crippen LogP contribution in [0.2, 0.25) is 0 Å². The third-order valence-corrected chi connectivity index (χ3v) is 2.44. The largest absolute Gasteiger partial charge is 0.492 e. The Kier molecular flexibility index (Phi) is 4.55. The lowest BCUT2D eigenvalue weighted by Crippen LogP contribution is -2.13. The van der Waals surface area contributed by atoms with Gasteiger partial charge in [0.1, 0.15) is 24.0 Å². The maximum atomic E-state index is 5.58. The average Bonchev–Trinajstić information content (AvgIpc) is 2.44. The second-order valence-corrected chi connectivity index (χ2v) is 3.93. The van der Waals surface area contributed by atoms with Crippen molar-refractivity contribution < 1.29 is 9.47 Å². The molecule has 0 atom stereocenters. The molecule has 0 aliphatic carbocycles. The first-order chi connectivity index (χ1) is 9.28. The molecule has 0 saturated carbocycles. The minimum absolute atomic E-state index is 0.555. The molecular weight excluding hydrogens is 242 g/mol. The zero-order chi connectivity index (χ0) is 13.5. The molecule has 0 aliphatic heterocycles. The summed E-state index contributed by atoms with van der Waals surface area (Å²) < 4.78 is 10.7. The van der Waals surface area contributed by atoms with E-state index < -0.39 is 0 Å². The zero-order valence-electron chi connectivity index (χ0n) is 11.1. The third kappa shape index (κ3) is 4.13. The van der Waals surface area contributed by atoms with Crippen LogP contribution in [0.5, 0.6) is 11.6 Å². The van der Waals surface area contributed by atoms with E-state index in [0.29, 0.717) is 24.9 Å². The fourth-order valence-electron chi connectivity index (χ4n) is 1.60. The van der Waals surface area contributed by atoms with E-state index in [0.717, 1.165) is 11.6 Å². The number of hydrogen-bond donors (Lipinski definition) is 1. The standard InChI is InChI=1S/C14H17N3O2/c1-11-16-13(10-14(17-11)18-2)15-8-9-19-12-6-4-3-5-7-12/h3-7,10H,8-9H2,1-2H3,(H,15,16,17). The SMILES string of the molecule is COc1cc(NCCOc2ccccc2)nc(C)n1. The van der Waals surface area contributed by atoms with Crippen LogP contribution < -0.4 is 14.8 Å². The van der Waals surface area contributed by atoms with Crippen molar-refractivity contribution in [1.82, 2.24) is 9.97 Å². The van der Waals surface area contributed by atoms with Crippen LogP contribution in [0, 0.1) is 6.92 Å². The number of ether oxygens (including phenoxy) is 2. The van der Waals surface area contributed by atoms with Gasteiger partial charge >= 0.3 is 0 Å². The Morgan fingerprint density at radius 3 is 2.68 bits per heavy atom. The van der Waals surface area contributed by atoms with Crippen molar-refractivity contribution in [2.45, 2.75) is 6.92 Å². The van der Waals surface area contributed by atoms with Gasteiger partial charge in [0, 0.05) is 6.07 Å². The summed E-state index contributed by atoms with van der Waals surface area (Å²) in [5.41, 5.74) is 0. The molecule has 19 heavy (non-hydrogen) atoms. The number of aromatic nitrogens is 2. The molecule has 1 heterocycles. The number of anilines is 1. The van der Waals surface area contributed by atoms with Crippen LogP contribution in [0.3, 0.4) is 0 Å². The number of methoxy groups -OCH3 is 1. The van der Waals surface area contributed by atoms with Gasteiger partial charge in [-0.3, -0.25) is 0 Å². The molecule has 0 amide bonds. The number of nitrogens with one attached hydrogen (secondary N) is 1. The van der Waals surface area contributed by atoms with Crippen LogP contribution in [0.15, 0.2) is 36.4 Å². The van der Waals surface area contributed by atoms with Gasteiger partial charge in [-0.1, -0.05) is 18.2 Å². The Hall–Kier alpha value is -2.30. The molecule has 5 heteroatoms. The first kappa shape index (κ1) is 13.1. The van der Waals surface area contributed by atoms with E-state index in [-0.39, 0.29) is 0 Å². The van der Waals surface area contributed by atoms with E-state index in [4.69, 9.17) is 9.47 Å².